The highest BCUT2D eigenvalue weighted by Gasteiger charge is 2.51. The van der Waals surface area contributed by atoms with Crippen LogP contribution in [0.25, 0.3) is 0 Å². The van der Waals surface area contributed by atoms with E-state index in [1.165, 1.54) is 0 Å². The first-order chi connectivity index (χ1) is 8.51. The Morgan fingerprint density at radius 1 is 1.28 bits per heavy atom. The average molecular weight is 243 g/mol. The highest BCUT2D eigenvalue weighted by molar-refractivity contribution is 5.27. The summed E-state index contributed by atoms with van der Waals surface area (Å²) in [5.41, 5.74) is -0.474. The summed E-state index contributed by atoms with van der Waals surface area (Å²) in [6.45, 7) is 3.71. The van der Waals surface area contributed by atoms with Gasteiger partial charge in [-0.3, -0.25) is 0 Å². The predicted molar refractivity (Wildman–Crippen MR) is 72.0 cm³/mol. The number of hydrogen-bond donors (Lipinski definition) is 1. The van der Waals surface area contributed by atoms with E-state index in [2.05, 4.69) is 18.2 Å². The summed E-state index contributed by atoms with van der Waals surface area (Å²) >= 11 is 0. The third-order valence-electron chi connectivity index (χ3n) is 4.44. The highest BCUT2D eigenvalue weighted by Crippen LogP contribution is 2.50. The maximum atomic E-state index is 11.1. The SMILES string of the molecule is CC(C)(C#N)C1(O)CCCCC1c1ccccc1. The van der Waals surface area contributed by atoms with Crippen molar-refractivity contribution >= 4 is 0 Å². The van der Waals surface area contributed by atoms with Crippen molar-refractivity contribution in [1.82, 2.24) is 0 Å². The zero-order chi connectivity index (χ0) is 13.2. The fourth-order valence-electron chi connectivity index (χ4n) is 3.13. The van der Waals surface area contributed by atoms with E-state index in [0.29, 0.717) is 6.42 Å². The van der Waals surface area contributed by atoms with Crippen LogP contribution < -0.4 is 0 Å². The summed E-state index contributed by atoms with van der Waals surface area (Å²) in [6, 6.07) is 12.4. The summed E-state index contributed by atoms with van der Waals surface area (Å²) in [5.74, 6) is 0.0714. The Labute approximate surface area is 109 Å². The number of hydrogen-bond acceptors (Lipinski definition) is 2. The van der Waals surface area contributed by atoms with E-state index in [0.717, 1.165) is 24.8 Å². The van der Waals surface area contributed by atoms with Crippen LogP contribution in [0.5, 0.6) is 0 Å². The molecule has 1 aromatic rings. The van der Waals surface area contributed by atoms with Gasteiger partial charge in [0.15, 0.2) is 0 Å². The second-order valence-corrected chi connectivity index (χ2v) is 5.87. The monoisotopic (exact) mass is 243 g/mol. The maximum Gasteiger partial charge on any atom is 0.0895 e. The minimum Gasteiger partial charge on any atom is -0.388 e. The van der Waals surface area contributed by atoms with Crippen molar-refractivity contribution in [3.8, 4) is 6.07 Å². The Balaban J connectivity index is 2.41. The van der Waals surface area contributed by atoms with E-state index in [-0.39, 0.29) is 5.92 Å². The molecule has 0 aromatic heterocycles. The van der Waals surface area contributed by atoms with Gasteiger partial charge in [-0.05, 0) is 32.3 Å². The van der Waals surface area contributed by atoms with Crippen LogP contribution in [0, 0.1) is 16.7 Å². The first kappa shape index (κ1) is 13.1. The van der Waals surface area contributed by atoms with Crippen molar-refractivity contribution in [1.29, 1.82) is 5.26 Å². The summed E-state index contributed by atoms with van der Waals surface area (Å²) in [4.78, 5) is 0. The van der Waals surface area contributed by atoms with Gasteiger partial charge in [-0.25, -0.2) is 0 Å². The molecule has 2 unspecified atom stereocenters. The molecule has 0 heterocycles. The number of benzene rings is 1. The molecular formula is C16H21NO. The molecule has 2 atom stereocenters. The lowest BCUT2D eigenvalue weighted by Gasteiger charge is -2.47. The molecule has 1 aliphatic rings. The molecule has 1 fully saturated rings. The topological polar surface area (TPSA) is 44.0 Å². The molecule has 0 aliphatic heterocycles. The first-order valence-electron chi connectivity index (χ1n) is 6.70. The lowest BCUT2D eigenvalue weighted by molar-refractivity contribution is -0.0851. The van der Waals surface area contributed by atoms with Crippen molar-refractivity contribution in [2.24, 2.45) is 5.41 Å². The zero-order valence-corrected chi connectivity index (χ0v) is 11.2. The van der Waals surface area contributed by atoms with E-state index in [1.54, 1.807) is 0 Å². The Morgan fingerprint density at radius 3 is 2.56 bits per heavy atom. The van der Waals surface area contributed by atoms with E-state index < -0.39 is 11.0 Å². The van der Waals surface area contributed by atoms with E-state index in [4.69, 9.17) is 0 Å². The van der Waals surface area contributed by atoms with Crippen LogP contribution in [0.2, 0.25) is 0 Å². The molecular weight excluding hydrogens is 222 g/mol. The molecule has 0 amide bonds. The Morgan fingerprint density at radius 2 is 1.94 bits per heavy atom. The van der Waals surface area contributed by atoms with E-state index in [9.17, 15) is 10.4 Å². The van der Waals surface area contributed by atoms with Crippen LogP contribution >= 0.6 is 0 Å². The van der Waals surface area contributed by atoms with Crippen molar-refractivity contribution < 1.29 is 5.11 Å². The third kappa shape index (κ3) is 2.04. The molecule has 0 radical (unpaired) electrons. The molecule has 2 heteroatoms. The third-order valence-corrected chi connectivity index (χ3v) is 4.44. The highest BCUT2D eigenvalue weighted by atomic mass is 16.3. The number of aliphatic hydroxyl groups is 1. The van der Waals surface area contributed by atoms with E-state index in [1.807, 2.05) is 32.0 Å². The van der Waals surface area contributed by atoms with Crippen LogP contribution in [-0.4, -0.2) is 10.7 Å². The van der Waals surface area contributed by atoms with Crippen LogP contribution in [0.1, 0.15) is 51.0 Å². The van der Waals surface area contributed by atoms with Gasteiger partial charge >= 0.3 is 0 Å². The molecule has 0 bridgehead atoms. The Kier molecular flexibility index (Phi) is 3.45. The van der Waals surface area contributed by atoms with Crippen molar-refractivity contribution in [3.63, 3.8) is 0 Å². The van der Waals surface area contributed by atoms with Crippen LogP contribution in [0.4, 0.5) is 0 Å². The van der Waals surface area contributed by atoms with Gasteiger partial charge in [0.1, 0.15) is 0 Å². The first-order valence-corrected chi connectivity index (χ1v) is 6.70. The Hall–Kier alpha value is -1.33. The normalized spacial score (nSPS) is 28.7. The van der Waals surface area contributed by atoms with Crippen LogP contribution in [0.15, 0.2) is 30.3 Å². The van der Waals surface area contributed by atoms with Gasteiger partial charge in [0.25, 0.3) is 0 Å². The molecule has 2 rings (SSSR count). The quantitative estimate of drug-likeness (QED) is 0.862. The lowest BCUT2D eigenvalue weighted by atomic mass is 9.60. The number of nitrogens with zero attached hydrogens (tertiary/aromatic N) is 1. The van der Waals surface area contributed by atoms with Crippen molar-refractivity contribution in [2.45, 2.75) is 51.0 Å². The Bertz CT molecular complexity index is 446. The second kappa shape index (κ2) is 4.74. The number of rotatable bonds is 2. The maximum absolute atomic E-state index is 11.1. The summed E-state index contributed by atoms with van der Waals surface area (Å²) in [7, 11) is 0. The van der Waals surface area contributed by atoms with Gasteiger partial charge in [0.05, 0.1) is 17.1 Å². The molecule has 2 nitrogen and oxygen atoms in total. The zero-order valence-electron chi connectivity index (χ0n) is 11.2. The smallest absolute Gasteiger partial charge is 0.0895 e. The number of nitriles is 1. The molecule has 18 heavy (non-hydrogen) atoms. The van der Waals surface area contributed by atoms with E-state index >= 15 is 0 Å². The molecule has 1 aliphatic carbocycles. The molecule has 1 N–H and O–H groups in total. The summed E-state index contributed by atoms with van der Waals surface area (Å²) in [6.07, 6.45) is 3.81. The molecule has 1 saturated carbocycles. The molecule has 0 saturated heterocycles. The van der Waals surface area contributed by atoms with Gasteiger partial charge < -0.3 is 5.11 Å². The summed E-state index contributed by atoms with van der Waals surface area (Å²) < 4.78 is 0. The van der Waals surface area contributed by atoms with Gasteiger partial charge in [0, 0.05) is 5.92 Å². The average Bonchev–Trinajstić information content (AvgIpc) is 2.40. The fourth-order valence-corrected chi connectivity index (χ4v) is 3.13. The molecule has 0 spiro atoms. The van der Waals surface area contributed by atoms with Crippen molar-refractivity contribution in [2.75, 3.05) is 0 Å². The fraction of sp³-hybridized carbons (Fsp3) is 0.562. The van der Waals surface area contributed by atoms with Gasteiger partial charge in [-0.2, -0.15) is 5.26 Å². The lowest BCUT2D eigenvalue weighted by Crippen LogP contribution is -2.50. The molecule has 1 aromatic carbocycles. The minimum absolute atomic E-state index is 0.0714. The summed E-state index contributed by atoms with van der Waals surface area (Å²) in [5, 5.41) is 20.5. The minimum atomic E-state index is -0.915. The largest absolute Gasteiger partial charge is 0.388 e. The van der Waals surface area contributed by atoms with Gasteiger partial charge in [0.2, 0.25) is 0 Å². The second-order valence-electron chi connectivity index (χ2n) is 5.87. The van der Waals surface area contributed by atoms with Crippen LogP contribution in [0.3, 0.4) is 0 Å². The standard InChI is InChI=1S/C16H21NO/c1-15(2,12-17)16(18)11-7-6-10-14(16)13-8-4-3-5-9-13/h3-5,8-9,14,18H,6-7,10-11H2,1-2H3. The van der Waals surface area contributed by atoms with Gasteiger partial charge in [-0.15, -0.1) is 0 Å². The van der Waals surface area contributed by atoms with Crippen LogP contribution in [-0.2, 0) is 0 Å². The van der Waals surface area contributed by atoms with Gasteiger partial charge in [-0.1, -0.05) is 43.2 Å². The predicted octanol–water partition coefficient (Wildman–Crippen LogP) is 3.63. The molecule has 96 valence electrons. The van der Waals surface area contributed by atoms with Crippen molar-refractivity contribution in [3.05, 3.63) is 35.9 Å².